The molecule has 5 nitrogen and oxygen atoms in total. The highest BCUT2D eigenvalue weighted by Crippen LogP contribution is 2.26. The normalized spacial score (nSPS) is 20.1. The van der Waals surface area contributed by atoms with Crippen molar-refractivity contribution in [2.24, 2.45) is 4.99 Å². The van der Waals surface area contributed by atoms with Crippen LogP contribution >= 0.6 is 22.7 Å². The fourth-order valence-corrected chi connectivity index (χ4v) is 5.78. The molecule has 28 heavy (non-hydrogen) atoms. The molecular formula is C21H31N5S2. The maximum absolute atomic E-state index is 4.46. The van der Waals surface area contributed by atoms with Gasteiger partial charge in [-0.05, 0) is 60.7 Å². The maximum atomic E-state index is 4.46. The molecule has 1 fully saturated rings. The summed E-state index contributed by atoms with van der Waals surface area (Å²) in [4.78, 5) is 11.1. The van der Waals surface area contributed by atoms with Crippen molar-refractivity contribution >= 4 is 33.6 Å². The van der Waals surface area contributed by atoms with Gasteiger partial charge in [0.15, 0.2) is 5.96 Å². The summed E-state index contributed by atoms with van der Waals surface area (Å²) >= 11 is 3.74. The Morgan fingerprint density at radius 2 is 2.07 bits per heavy atom. The fourth-order valence-electron chi connectivity index (χ4n) is 4.10. The predicted molar refractivity (Wildman–Crippen MR) is 122 cm³/mol. The number of aliphatic imine (C=N–C) groups is 1. The van der Waals surface area contributed by atoms with Gasteiger partial charge in [0.2, 0.25) is 0 Å². The average Bonchev–Trinajstić information content (AvgIpc) is 3.42. The molecule has 1 atom stereocenters. The van der Waals surface area contributed by atoms with Crippen LogP contribution in [0.4, 0.5) is 5.00 Å². The van der Waals surface area contributed by atoms with E-state index in [0.717, 1.165) is 51.5 Å². The Balaban J connectivity index is 1.21. The van der Waals surface area contributed by atoms with Crippen LogP contribution in [-0.2, 0) is 13.0 Å². The van der Waals surface area contributed by atoms with Gasteiger partial charge in [0.25, 0.3) is 0 Å². The summed E-state index contributed by atoms with van der Waals surface area (Å²) in [5.74, 6) is 0.939. The number of rotatable bonds is 5. The van der Waals surface area contributed by atoms with Gasteiger partial charge in [-0.25, -0.2) is 0 Å². The van der Waals surface area contributed by atoms with Crippen LogP contribution in [0.3, 0.4) is 0 Å². The molecule has 7 heteroatoms. The van der Waals surface area contributed by atoms with Crippen molar-refractivity contribution in [3.8, 4) is 0 Å². The zero-order valence-electron chi connectivity index (χ0n) is 16.9. The third kappa shape index (κ3) is 4.70. The maximum Gasteiger partial charge on any atom is 0.191 e. The van der Waals surface area contributed by atoms with Crippen LogP contribution in [0.5, 0.6) is 0 Å². The Bertz CT molecular complexity index is 762. The standard InChI is InChI=1S/C21H31N5S2/c1-16(26-11-7-19-17(15-26)8-13-27-19)14-23-21(22-2)24-18-5-9-25(10-6-18)20-4-3-12-28-20/h3-4,8,12-13,16,18H,5-7,9-11,14-15H2,1-2H3,(H2,22,23,24). The number of guanidine groups is 1. The highest BCUT2D eigenvalue weighted by atomic mass is 32.1. The Labute approximate surface area is 176 Å². The lowest BCUT2D eigenvalue weighted by atomic mass is 10.1. The monoisotopic (exact) mass is 417 g/mol. The number of thiophene rings is 2. The van der Waals surface area contributed by atoms with Gasteiger partial charge in [-0.2, -0.15) is 0 Å². The highest BCUT2D eigenvalue weighted by molar-refractivity contribution is 7.14. The van der Waals surface area contributed by atoms with Gasteiger partial charge >= 0.3 is 0 Å². The van der Waals surface area contributed by atoms with Crippen LogP contribution in [0.1, 0.15) is 30.2 Å². The van der Waals surface area contributed by atoms with Crippen LogP contribution < -0.4 is 15.5 Å². The quantitative estimate of drug-likeness (QED) is 0.578. The molecule has 4 heterocycles. The predicted octanol–water partition coefficient (Wildman–Crippen LogP) is 3.39. The molecule has 152 valence electrons. The molecule has 0 amide bonds. The van der Waals surface area contributed by atoms with E-state index in [2.05, 4.69) is 61.3 Å². The van der Waals surface area contributed by atoms with Gasteiger partial charge in [0.05, 0.1) is 5.00 Å². The lowest BCUT2D eigenvalue weighted by molar-refractivity contribution is 0.192. The van der Waals surface area contributed by atoms with E-state index in [0.29, 0.717) is 12.1 Å². The number of nitrogens with one attached hydrogen (secondary N) is 2. The van der Waals surface area contributed by atoms with Gasteiger partial charge in [-0.15, -0.1) is 22.7 Å². The summed E-state index contributed by atoms with van der Waals surface area (Å²) in [6.07, 6.45) is 3.50. The third-order valence-corrected chi connectivity index (χ3v) is 7.85. The lowest BCUT2D eigenvalue weighted by Gasteiger charge is -2.35. The van der Waals surface area contributed by atoms with Gasteiger partial charge in [-0.1, -0.05) is 0 Å². The Kier molecular flexibility index (Phi) is 6.54. The molecule has 2 N–H and O–H groups in total. The molecule has 2 aromatic heterocycles. The van der Waals surface area contributed by atoms with E-state index >= 15 is 0 Å². The zero-order valence-corrected chi connectivity index (χ0v) is 18.5. The fraction of sp³-hybridized carbons (Fsp3) is 0.571. The number of hydrogen-bond acceptors (Lipinski definition) is 5. The van der Waals surface area contributed by atoms with E-state index in [4.69, 9.17) is 0 Å². The summed E-state index contributed by atoms with van der Waals surface area (Å²) in [6, 6.07) is 7.64. The van der Waals surface area contributed by atoms with Crippen molar-refractivity contribution in [3.63, 3.8) is 0 Å². The number of nitrogens with zero attached hydrogens (tertiary/aromatic N) is 3. The van der Waals surface area contributed by atoms with Crippen LogP contribution in [0.25, 0.3) is 0 Å². The zero-order chi connectivity index (χ0) is 19.3. The molecule has 1 saturated heterocycles. The van der Waals surface area contributed by atoms with E-state index in [1.54, 1.807) is 4.88 Å². The van der Waals surface area contributed by atoms with Gasteiger partial charge < -0.3 is 15.5 Å². The van der Waals surface area contributed by atoms with E-state index in [9.17, 15) is 0 Å². The van der Waals surface area contributed by atoms with Crippen molar-refractivity contribution in [1.29, 1.82) is 0 Å². The molecule has 0 bridgehead atoms. The van der Waals surface area contributed by atoms with Crippen LogP contribution in [-0.4, -0.2) is 56.2 Å². The summed E-state index contributed by atoms with van der Waals surface area (Å²) < 4.78 is 0. The minimum atomic E-state index is 0.493. The molecule has 0 aliphatic carbocycles. The molecule has 0 saturated carbocycles. The Morgan fingerprint density at radius 3 is 2.82 bits per heavy atom. The van der Waals surface area contributed by atoms with Crippen LogP contribution in [0, 0.1) is 0 Å². The van der Waals surface area contributed by atoms with Crippen molar-refractivity contribution in [2.75, 3.05) is 38.1 Å². The SMILES string of the molecule is CN=C(NCC(C)N1CCc2sccc2C1)NC1CCN(c2cccs2)CC1. The van der Waals surface area contributed by atoms with E-state index < -0.39 is 0 Å². The first-order chi connectivity index (χ1) is 13.7. The Hall–Kier alpha value is -1.57. The van der Waals surface area contributed by atoms with Crippen molar-refractivity contribution in [2.45, 2.75) is 44.8 Å². The minimum Gasteiger partial charge on any atom is -0.363 e. The first-order valence-corrected chi connectivity index (χ1v) is 12.0. The first-order valence-electron chi connectivity index (χ1n) is 10.3. The highest BCUT2D eigenvalue weighted by Gasteiger charge is 2.23. The molecule has 0 spiro atoms. The molecule has 2 aliphatic heterocycles. The molecule has 4 rings (SSSR count). The van der Waals surface area contributed by atoms with E-state index in [1.165, 1.54) is 17.0 Å². The average molecular weight is 418 g/mol. The van der Waals surface area contributed by atoms with Gasteiger partial charge in [0.1, 0.15) is 0 Å². The molecule has 0 aromatic carbocycles. The van der Waals surface area contributed by atoms with Gasteiger partial charge in [0, 0.05) is 56.7 Å². The van der Waals surface area contributed by atoms with Crippen molar-refractivity contribution in [1.82, 2.24) is 15.5 Å². The largest absolute Gasteiger partial charge is 0.363 e. The Morgan fingerprint density at radius 1 is 1.21 bits per heavy atom. The number of anilines is 1. The molecule has 0 radical (unpaired) electrons. The van der Waals surface area contributed by atoms with Gasteiger partial charge in [-0.3, -0.25) is 9.89 Å². The summed E-state index contributed by atoms with van der Waals surface area (Å²) in [5.41, 5.74) is 1.52. The molecule has 2 aromatic rings. The van der Waals surface area contributed by atoms with E-state index in [1.807, 2.05) is 29.7 Å². The number of hydrogen-bond donors (Lipinski definition) is 2. The topological polar surface area (TPSA) is 42.9 Å². The summed E-state index contributed by atoms with van der Waals surface area (Å²) in [5, 5.41) is 13.0. The second-order valence-corrected chi connectivity index (χ2v) is 9.68. The number of piperidine rings is 1. The van der Waals surface area contributed by atoms with Crippen molar-refractivity contribution < 1.29 is 0 Å². The smallest absolute Gasteiger partial charge is 0.191 e. The molecule has 1 unspecified atom stereocenters. The lowest BCUT2D eigenvalue weighted by Crippen LogP contribution is -2.51. The first kappa shape index (κ1) is 19.7. The van der Waals surface area contributed by atoms with E-state index in [-0.39, 0.29) is 0 Å². The van der Waals surface area contributed by atoms with Crippen molar-refractivity contribution in [3.05, 3.63) is 39.4 Å². The molecule has 2 aliphatic rings. The molecular weight excluding hydrogens is 386 g/mol. The second-order valence-electron chi connectivity index (χ2n) is 7.75. The number of fused-ring (bicyclic) bond motifs is 1. The van der Waals surface area contributed by atoms with Crippen LogP contribution in [0.2, 0.25) is 0 Å². The van der Waals surface area contributed by atoms with Crippen LogP contribution in [0.15, 0.2) is 34.0 Å². The second kappa shape index (κ2) is 9.29. The minimum absolute atomic E-state index is 0.493. The summed E-state index contributed by atoms with van der Waals surface area (Å²) in [7, 11) is 1.87. The third-order valence-electron chi connectivity index (χ3n) is 5.90. The summed E-state index contributed by atoms with van der Waals surface area (Å²) in [6.45, 7) is 7.70.